The van der Waals surface area contributed by atoms with Gasteiger partial charge in [0.2, 0.25) is 0 Å². The predicted molar refractivity (Wildman–Crippen MR) is 140 cm³/mol. The Labute approximate surface area is 219 Å². The van der Waals surface area contributed by atoms with Crippen LogP contribution in [0.4, 0.5) is 33.7 Å². The van der Waals surface area contributed by atoms with E-state index >= 15 is 0 Å². The van der Waals surface area contributed by atoms with Crippen LogP contribution in [0, 0.1) is 5.82 Å². The van der Waals surface area contributed by atoms with Crippen molar-refractivity contribution in [2.45, 2.75) is 63.6 Å². The number of anilines is 2. The van der Waals surface area contributed by atoms with E-state index in [2.05, 4.69) is 29.6 Å². The lowest BCUT2D eigenvalue weighted by Crippen LogP contribution is -2.45. The maximum Gasteiger partial charge on any atom is 0.418 e. The number of nitrogens with zero attached hydrogens (tertiary/aromatic N) is 1. The first kappa shape index (κ1) is 26.1. The first-order valence-corrected chi connectivity index (χ1v) is 13.1. The van der Waals surface area contributed by atoms with Crippen LogP contribution in [0.1, 0.15) is 62.5 Å². The number of halogens is 4. The molecule has 0 spiro atoms. The molecule has 1 unspecified atom stereocenters. The minimum absolute atomic E-state index is 0.174. The molecule has 1 N–H and O–H groups in total. The number of rotatable bonds is 4. The van der Waals surface area contributed by atoms with Crippen LogP contribution < -0.4 is 15.0 Å². The zero-order valence-electron chi connectivity index (χ0n) is 21.2. The topological polar surface area (TPSA) is 41.6 Å². The van der Waals surface area contributed by atoms with Gasteiger partial charge in [-0.1, -0.05) is 56.5 Å². The molecule has 1 aliphatic carbocycles. The maximum absolute atomic E-state index is 13.5. The van der Waals surface area contributed by atoms with E-state index in [4.69, 9.17) is 4.74 Å². The number of alkyl halides is 3. The van der Waals surface area contributed by atoms with E-state index in [0.717, 1.165) is 23.3 Å². The van der Waals surface area contributed by atoms with Crippen LogP contribution in [0.25, 0.3) is 11.1 Å². The van der Waals surface area contributed by atoms with Crippen molar-refractivity contribution in [2.24, 2.45) is 0 Å². The molecule has 5 rings (SSSR count). The molecule has 0 radical (unpaired) electrons. The fourth-order valence-electron chi connectivity index (χ4n) is 5.36. The van der Waals surface area contributed by atoms with E-state index in [0.29, 0.717) is 29.8 Å². The van der Waals surface area contributed by atoms with Crippen molar-refractivity contribution < 1.29 is 27.1 Å². The fourth-order valence-corrected chi connectivity index (χ4v) is 5.36. The summed E-state index contributed by atoms with van der Waals surface area (Å²) in [7, 11) is 0. The third-order valence-corrected chi connectivity index (χ3v) is 7.48. The minimum Gasteiger partial charge on any atom is -0.486 e. The lowest BCUT2D eigenvalue weighted by molar-refractivity contribution is -0.137. The van der Waals surface area contributed by atoms with E-state index in [1.54, 1.807) is 6.07 Å². The van der Waals surface area contributed by atoms with Gasteiger partial charge in [-0.2, -0.15) is 13.2 Å². The summed E-state index contributed by atoms with van der Waals surface area (Å²) in [5.74, 6) is 0.0701. The van der Waals surface area contributed by atoms with Gasteiger partial charge in [-0.3, -0.25) is 4.90 Å². The van der Waals surface area contributed by atoms with Crippen molar-refractivity contribution in [3.8, 4) is 16.9 Å². The summed E-state index contributed by atoms with van der Waals surface area (Å²) < 4.78 is 60.0. The molecular weight excluding hydrogens is 496 g/mol. The lowest BCUT2D eigenvalue weighted by Gasteiger charge is -2.35. The molecule has 1 heterocycles. The Hall–Kier alpha value is -3.55. The summed E-state index contributed by atoms with van der Waals surface area (Å²) >= 11 is 0. The normalized spacial score (nSPS) is 18.0. The highest BCUT2D eigenvalue weighted by Gasteiger charge is 2.36. The van der Waals surface area contributed by atoms with Crippen LogP contribution >= 0.6 is 0 Å². The molecule has 1 fully saturated rings. The number of fused-ring (bicyclic) bond motifs is 1. The molecule has 0 bridgehead atoms. The quantitative estimate of drug-likeness (QED) is 0.345. The molecule has 1 aliphatic heterocycles. The van der Waals surface area contributed by atoms with Gasteiger partial charge in [0.25, 0.3) is 0 Å². The second kappa shape index (κ2) is 10.7. The van der Waals surface area contributed by atoms with E-state index in [1.807, 2.05) is 19.1 Å². The van der Waals surface area contributed by atoms with Crippen molar-refractivity contribution in [2.75, 3.05) is 16.8 Å². The minimum atomic E-state index is -4.82. The van der Waals surface area contributed by atoms with E-state index in [-0.39, 0.29) is 12.6 Å². The molecule has 0 saturated heterocycles. The Bertz CT molecular complexity index is 1300. The van der Waals surface area contributed by atoms with E-state index in [1.165, 1.54) is 42.6 Å². The maximum atomic E-state index is 13.5. The van der Waals surface area contributed by atoms with Gasteiger partial charge in [-0.15, -0.1) is 0 Å². The van der Waals surface area contributed by atoms with Gasteiger partial charge >= 0.3 is 12.2 Å². The predicted octanol–water partition coefficient (Wildman–Crippen LogP) is 8.77. The van der Waals surface area contributed by atoms with Crippen LogP contribution in [-0.4, -0.2) is 18.7 Å². The second-order valence-electron chi connectivity index (χ2n) is 10.0. The number of hydrogen-bond acceptors (Lipinski definition) is 2. The van der Waals surface area contributed by atoms with Crippen LogP contribution in [0.3, 0.4) is 0 Å². The van der Waals surface area contributed by atoms with Gasteiger partial charge < -0.3 is 10.1 Å². The highest BCUT2D eigenvalue weighted by atomic mass is 19.4. The van der Waals surface area contributed by atoms with Crippen molar-refractivity contribution in [3.05, 3.63) is 77.6 Å². The largest absolute Gasteiger partial charge is 0.486 e. The number of ether oxygens (including phenoxy) is 1. The lowest BCUT2D eigenvalue weighted by atomic mass is 9.84. The van der Waals surface area contributed by atoms with Gasteiger partial charge in [0.1, 0.15) is 17.7 Å². The zero-order valence-corrected chi connectivity index (χ0v) is 21.2. The van der Waals surface area contributed by atoms with Gasteiger partial charge in [0, 0.05) is 0 Å². The number of carbonyl (C=O) groups excluding carboxylic acids is 1. The number of carbonyl (C=O) groups is 1. The molecule has 3 aromatic carbocycles. The number of amides is 2. The molecule has 2 aliphatic rings. The second-order valence-corrected chi connectivity index (χ2v) is 10.0. The van der Waals surface area contributed by atoms with E-state index in [9.17, 15) is 22.4 Å². The number of benzene rings is 3. The monoisotopic (exact) mass is 526 g/mol. The summed E-state index contributed by atoms with van der Waals surface area (Å²) in [4.78, 5) is 14.6. The molecule has 38 heavy (non-hydrogen) atoms. The van der Waals surface area contributed by atoms with Crippen LogP contribution in [0.2, 0.25) is 0 Å². The highest BCUT2D eigenvalue weighted by molar-refractivity contribution is 6.03. The SMILES string of the molecule is CCC1CN(C(=O)Nc2ccc(F)cc2C(F)(F)F)c2ccc(-c3ccc(C4CCCCC4)cc3)cc2O1. The average Bonchev–Trinajstić information content (AvgIpc) is 2.93. The fraction of sp³-hybridized carbons (Fsp3) is 0.367. The van der Waals surface area contributed by atoms with Crippen molar-refractivity contribution >= 4 is 17.4 Å². The summed E-state index contributed by atoms with van der Waals surface area (Å²) in [6.45, 7) is 2.09. The smallest absolute Gasteiger partial charge is 0.418 e. The molecule has 0 aromatic heterocycles. The molecule has 1 atom stereocenters. The molecule has 200 valence electrons. The summed E-state index contributed by atoms with van der Waals surface area (Å²) in [6, 6.07) is 15.5. The van der Waals surface area contributed by atoms with Gasteiger partial charge in [0.15, 0.2) is 0 Å². The third-order valence-electron chi connectivity index (χ3n) is 7.48. The third kappa shape index (κ3) is 5.49. The Kier molecular flexibility index (Phi) is 7.32. The van der Waals surface area contributed by atoms with Crippen molar-refractivity contribution in [1.82, 2.24) is 0 Å². The Morgan fingerprint density at radius 2 is 1.68 bits per heavy atom. The summed E-state index contributed by atoms with van der Waals surface area (Å²) in [5.41, 5.74) is 2.03. The first-order chi connectivity index (χ1) is 18.2. The molecule has 4 nitrogen and oxygen atoms in total. The van der Waals surface area contributed by atoms with Crippen molar-refractivity contribution in [1.29, 1.82) is 0 Å². The summed E-state index contributed by atoms with van der Waals surface area (Å²) in [6.07, 6.45) is 1.77. The number of hydrogen-bond donors (Lipinski definition) is 1. The Morgan fingerprint density at radius 1 is 0.974 bits per heavy atom. The molecule has 2 amide bonds. The van der Waals surface area contributed by atoms with Gasteiger partial charge in [0.05, 0.1) is 23.5 Å². The summed E-state index contributed by atoms with van der Waals surface area (Å²) in [5, 5.41) is 2.33. The average molecular weight is 527 g/mol. The van der Waals surface area contributed by atoms with Crippen LogP contribution in [0.15, 0.2) is 60.7 Å². The van der Waals surface area contributed by atoms with Crippen molar-refractivity contribution in [3.63, 3.8) is 0 Å². The van der Waals surface area contributed by atoms with Gasteiger partial charge in [-0.05, 0) is 72.2 Å². The molecule has 1 saturated carbocycles. The Balaban J connectivity index is 1.40. The Morgan fingerprint density at radius 3 is 2.37 bits per heavy atom. The van der Waals surface area contributed by atoms with Crippen LogP contribution in [-0.2, 0) is 6.18 Å². The number of nitrogens with one attached hydrogen (secondary N) is 1. The zero-order chi connectivity index (χ0) is 26.9. The number of urea groups is 1. The molecule has 3 aromatic rings. The standard InChI is InChI=1S/C30H30F4N2O2/c1-2-24-18-36(29(37)35-26-14-13-23(31)17-25(26)30(32,33)34)27-15-12-22(16-28(27)38-24)21-10-8-20(9-11-21)19-6-4-3-5-7-19/h8-17,19,24H,2-7,18H2,1H3,(H,35,37). The molecule has 8 heteroatoms. The highest BCUT2D eigenvalue weighted by Crippen LogP contribution is 2.40. The first-order valence-electron chi connectivity index (χ1n) is 13.1. The van der Waals surface area contributed by atoms with Gasteiger partial charge in [-0.25, -0.2) is 9.18 Å². The van der Waals surface area contributed by atoms with Crippen LogP contribution in [0.5, 0.6) is 5.75 Å². The molecular formula is C30H30F4N2O2. The van der Waals surface area contributed by atoms with E-state index < -0.39 is 29.3 Å².